The molecule has 2 nitrogen and oxygen atoms in total. The van der Waals surface area contributed by atoms with E-state index in [4.69, 9.17) is 0 Å². The summed E-state index contributed by atoms with van der Waals surface area (Å²) in [5.74, 6) is -0.160. The number of aromatic nitrogens is 1. The zero-order chi connectivity index (χ0) is 13.2. The molecule has 3 rings (SSSR count). The highest BCUT2D eigenvalue weighted by molar-refractivity contribution is 7.09. The van der Waals surface area contributed by atoms with Crippen LogP contribution in [-0.2, 0) is 6.42 Å². The molecule has 100 valence electrons. The molecule has 1 aliphatic rings. The first kappa shape index (κ1) is 12.8. The molecule has 0 amide bonds. The fourth-order valence-corrected chi connectivity index (χ4v) is 3.20. The molecule has 0 bridgehead atoms. The molecule has 0 aliphatic carbocycles. The molecular weight excluding hydrogens is 259 g/mol. The van der Waals surface area contributed by atoms with E-state index in [0.717, 1.165) is 24.5 Å². The minimum absolute atomic E-state index is 0.160. The molecule has 0 saturated carbocycles. The molecule has 1 saturated heterocycles. The summed E-state index contributed by atoms with van der Waals surface area (Å²) < 4.78 is 12.9. The Morgan fingerprint density at radius 3 is 2.74 bits per heavy atom. The van der Waals surface area contributed by atoms with E-state index in [1.165, 1.54) is 17.7 Å². The number of thiazole rings is 1. The lowest BCUT2D eigenvalue weighted by molar-refractivity contribution is 0.0921. The van der Waals surface area contributed by atoms with Gasteiger partial charge < -0.3 is 0 Å². The number of rotatable bonds is 4. The van der Waals surface area contributed by atoms with Gasteiger partial charge in [0.05, 0.1) is 10.7 Å². The van der Waals surface area contributed by atoms with Gasteiger partial charge >= 0.3 is 0 Å². The van der Waals surface area contributed by atoms with Crippen LogP contribution in [0.2, 0.25) is 0 Å². The zero-order valence-electron chi connectivity index (χ0n) is 11.0. The summed E-state index contributed by atoms with van der Waals surface area (Å²) >= 11 is 1.71. The van der Waals surface area contributed by atoms with Crippen LogP contribution in [0, 0.1) is 12.7 Å². The second kappa shape index (κ2) is 5.39. The summed E-state index contributed by atoms with van der Waals surface area (Å²) in [6, 6.07) is 7.36. The quantitative estimate of drug-likeness (QED) is 0.848. The molecule has 1 aromatic carbocycles. The van der Waals surface area contributed by atoms with Crippen molar-refractivity contribution in [2.45, 2.75) is 25.8 Å². The van der Waals surface area contributed by atoms with Gasteiger partial charge in [0.15, 0.2) is 0 Å². The number of benzene rings is 1. The van der Waals surface area contributed by atoms with Crippen molar-refractivity contribution in [2.75, 3.05) is 13.1 Å². The summed E-state index contributed by atoms with van der Waals surface area (Å²) in [7, 11) is 0. The van der Waals surface area contributed by atoms with Gasteiger partial charge in [-0.1, -0.05) is 12.1 Å². The van der Waals surface area contributed by atoms with Crippen LogP contribution in [0.3, 0.4) is 0 Å². The molecule has 2 heterocycles. The summed E-state index contributed by atoms with van der Waals surface area (Å²) in [5.41, 5.74) is 2.41. The van der Waals surface area contributed by atoms with E-state index in [9.17, 15) is 4.39 Å². The van der Waals surface area contributed by atoms with E-state index >= 15 is 0 Å². The maximum absolute atomic E-state index is 12.9. The van der Waals surface area contributed by atoms with Crippen molar-refractivity contribution < 1.29 is 4.39 Å². The van der Waals surface area contributed by atoms with Crippen molar-refractivity contribution in [3.05, 3.63) is 51.7 Å². The molecule has 0 N–H and O–H groups in total. The number of hydrogen-bond donors (Lipinski definition) is 0. The van der Waals surface area contributed by atoms with Crippen LogP contribution in [0.4, 0.5) is 4.39 Å². The van der Waals surface area contributed by atoms with Gasteiger partial charge in [-0.25, -0.2) is 9.37 Å². The molecule has 1 aliphatic heterocycles. The maximum Gasteiger partial charge on any atom is 0.123 e. The smallest absolute Gasteiger partial charge is 0.123 e. The molecule has 0 unspecified atom stereocenters. The van der Waals surface area contributed by atoms with Crippen LogP contribution in [-0.4, -0.2) is 23.0 Å². The first-order valence-corrected chi connectivity index (χ1v) is 7.51. The highest BCUT2D eigenvalue weighted by Gasteiger charge is 2.28. The number of halogens is 1. The second-order valence-electron chi connectivity index (χ2n) is 5.00. The molecule has 2 aromatic rings. The summed E-state index contributed by atoms with van der Waals surface area (Å²) in [5, 5.41) is 3.27. The Morgan fingerprint density at radius 2 is 2.16 bits per heavy atom. The standard InChI is InChI=1S/C15H17FN2S/c1-11-17-14(10-19-11)6-8-18-9-7-15(18)12-2-4-13(16)5-3-12/h2-5,10,15H,6-9H2,1H3/t15-/m1/s1. The van der Waals surface area contributed by atoms with Gasteiger partial charge in [0.1, 0.15) is 5.82 Å². The van der Waals surface area contributed by atoms with E-state index in [1.807, 2.05) is 19.1 Å². The van der Waals surface area contributed by atoms with Gasteiger partial charge in [-0.2, -0.15) is 0 Å². The highest BCUT2D eigenvalue weighted by Crippen LogP contribution is 2.33. The first-order chi connectivity index (χ1) is 9.22. The normalized spacial score (nSPS) is 19.4. The Hall–Kier alpha value is -1.26. The number of nitrogens with zero attached hydrogens (tertiary/aromatic N) is 2. The first-order valence-electron chi connectivity index (χ1n) is 6.63. The van der Waals surface area contributed by atoms with Crippen molar-refractivity contribution in [3.8, 4) is 0 Å². The Balaban J connectivity index is 1.59. The molecule has 4 heteroatoms. The van der Waals surface area contributed by atoms with Gasteiger partial charge in [-0.3, -0.25) is 4.90 Å². The average molecular weight is 276 g/mol. The molecule has 19 heavy (non-hydrogen) atoms. The molecule has 1 atom stereocenters. The topological polar surface area (TPSA) is 16.1 Å². The van der Waals surface area contributed by atoms with Crippen LogP contribution in [0.25, 0.3) is 0 Å². The molecule has 0 radical (unpaired) electrons. The zero-order valence-corrected chi connectivity index (χ0v) is 11.8. The summed E-state index contributed by atoms with van der Waals surface area (Å²) in [6.07, 6.45) is 2.17. The third kappa shape index (κ3) is 2.85. The lowest BCUT2D eigenvalue weighted by Gasteiger charge is -2.41. The van der Waals surface area contributed by atoms with Crippen LogP contribution in [0.5, 0.6) is 0 Å². The van der Waals surface area contributed by atoms with Crippen LogP contribution in [0.1, 0.15) is 28.7 Å². The van der Waals surface area contributed by atoms with Crippen LogP contribution in [0.15, 0.2) is 29.6 Å². The Bertz CT molecular complexity index is 550. The number of aryl methyl sites for hydroxylation is 1. The molecule has 1 aromatic heterocycles. The third-order valence-electron chi connectivity index (χ3n) is 3.71. The molecular formula is C15H17FN2S. The average Bonchev–Trinajstić information content (AvgIpc) is 2.77. The Morgan fingerprint density at radius 1 is 1.37 bits per heavy atom. The minimum atomic E-state index is -0.160. The lowest BCUT2D eigenvalue weighted by Crippen LogP contribution is -2.42. The SMILES string of the molecule is Cc1nc(CCN2CC[C@@H]2c2ccc(F)cc2)cs1. The minimum Gasteiger partial charge on any atom is -0.296 e. The van der Waals surface area contributed by atoms with E-state index in [0.29, 0.717) is 6.04 Å². The number of likely N-dealkylation sites (tertiary alicyclic amines) is 1. The van der Waals surface area contributed by atoms with Gasteiger partial charge in [0.2, 0.25) is 0 Å². The molecule has 1 fully saturated rings. The summed E-state index contributed by atoms with van der Waals surface area (Å²) in [4.78, 5) is 6.94. The van der Waals surface area contributed by atoms with Crippen molar-refractivity contribution >= 4 is 11.3 Å². The van der Waals surface area contributed by atoms with Gasteiger partial charge in [-0.05, 0) is 31.0 Å². The molecule has 0 spiro atoms. The monoisotopic (exact) mass is 276 g/mol. The van der Waals surface area contributed by atoms with Crippen LogP contribution < -0.4 is 0 Å². The van der Waals surface area contributed by atoms with Crippen molar-refractivity contribution in [1.82, 2.24) is 9.88 Å². The Kier molecular flexibility index (Phi) is 3.62. The van der Waals surface area contributed by atoms with E-state index in [2.05, 4.69) is 15.3 Å². The number of hydrogen-bond acceptors (Lipinski definition) is 3. The fraction of sp³-hybridized carbons (Fsp3) is 0.400. The van der Waals surface area contributed by atoms with Crippen molar-refractivity contribution in [1.29, 1.82) is 0 Å². The Labute approximate surface area is 116 Å². The lowest BCUT2D eigenvalue weighted by atomic mass is 9.94. The second-order valence-corrected chi connectivity index (χ2v) is 6.06. The van der Waals surface area contributed by atoms with Gasteiger partial charge in [-0.15, -0.1) is 11.3 Å². The predicted molar refractivity (Wildman–Crippen MR) is 75.9 cm³/mol. The maximum atomic E-state index is 12.9. The van der Waals surface area contributed by atoms with Gasteiger partial charge in [0.25, 0.3) is 0 Å². The largest absolute Gasteiger partial charge is 0.296 e. The third-order valence-corrected chi connectivity index (χ3v) is 4.53. The van der Waals surface area contributed by atoms with Gasteiger partial charge in [0, 0.05) is 30.9 Å². The van der Waals surface area contributed by atoms with Crippen molar-refractivity contribution in [2.24, 2.45) is 0 Å². The van der Waals surface area contributed by atoms with E-state index in [-0.39, 0.29) is 5.82 Å². The van der Waals surface area contributed by atoms with Crippen LogP contribution >= 0.6 is 11.3 Å². The van der Waals surface area contributed by atoms with E-state index < -0.39 is 0 Å². The van der Waals surface area contributed by atoms with E-state index in [1.54, 1.807) is 23.5 Å². The summed E-state index contributed by atoms with van der Waals surface area (Å²) in [6.45, 7) is 4.20. The fourth-order valence-electron chi connectivity index (χ4n) is 2.55. The van der Waals surface area contributed by atoms with Crippen molar-refractivity contribution in [3.63, 3.8) is 0 Å². The predicted octanol–water partition coefficient (Wildman–Crippen LogP) is 3.58. The highest BCUT2D eigenvalue weighted by atomic mass is 32.1.